The third-order valence-electron chi connectivity index (χ3n) is 1.47. The molecule has 1 amide bonds. The second-order valence-corrected chi connectivity index (χ2v) is 3.47. The van der Waals surface area contributed by atoms with E-state index < -0.39 is 0 Å². The first kappa shape index (κ1) is 20.1. The van der Waals surface area contributed by atoms with Crippen molar-refractivity contribution in [2.45, 2.75) is 41.0 Å². The summed E-state index contributed by atoms with van der Waals surface area (Å²) in [5.74, 6) is 0.104. The van der Waals surface area contributed by atoms with E-state index in [0.717, 1.165) is 6.42 Å². The standard InChI is InChI=1S/C8H16N2O.C3H6O.H2O/c1-4-5-10-8(11)6(2)7(3)9;1-3(2)4;/h4-5,9H2,1-3H3,(H,10,11);1-2H3;1H2/b7-6-;;. The van der Waals surface area contributed by atoms with Gasteiger partial charge in [-0.05, 0) is 34.1 Å². The SMILES string of the molecule is CC(C)=O.CCCNC(=O)/C(C)=C(/C)N.O. The molecule has 5 heteroatoms. The average molecular weight is 232 g/mol. The minimum atomic E-state index is -0.0631. The number of allylic oxidation sites excluding steroid dienone is 1. The van der Waals surface area contributed by atoms with Gasteiger partial charge in [-0.15, -0.1) is 0 Å². The molecule has 0 aliphatic heterocycles. The summed E-state index contributed by atoms with van der Waals surface area (Å²) in [7, 11) is 0. The van der Waals surface area contributed by atoms with Crippen molar-refractivity contribution in [2.24, 2.45) is 5.73 Å². The first-order valence-electron chi connectivity index (χ1n) is 5.01. The molecule has 0 atom stereocenters. The number of Topliss-reactive ketones (excluding diaryl/α,β-unsaturated/α-hetero) is 1. The molecule has 16 heavy (non-hydrogen) atoms. The van der Waals surface area contributed by atoms with Gasteiger partial charge in [0, 0.05) is 17.8 Å². The van der Waals surface area contributed by atoms with E-state index in [2.05, 4.69) is 5.32 Å². The fourth-order valence-corrected chi connectivity index (χ4v) is 0.550. The molecule has 0 saturated carbocycles. The molecule has 0 aromatic carbocycles. The number of carbonyl (C=O) groups is 2. The maximum absolute atomic E-state index is 11.1. The summed E-state index contributed by atoms with van der Waals surface area (Å²) in [6.45, 7) is 9.22. The Labute approximate surface area is 97.4 Å². The van der Waals surface area contributed by atoms with Gasteiger partial charge in [-0.1, -0.05) is 6.92 Å². The molecule has 0 radical (unpaired) electrons. The van der Waals surface area contributed by atoms with E-state index >= 15 is 0 Å². The molecule has 0 aromatic heterocycles. The quantitative estimate of drug-likeness (QED) is 0.694. The van der Waals surface area contributed by atoms with Crippen LogP contribution in [-0.4, -0.2) is 23.7 Å². The molecule has 0 aliphatic rings. The molecule has 0 saturated heterocycles. The Hall–Kier alpha value is -1.36. The lowest BCUT2D eigenvalue weighted by atomic mass is 10.2. The second kappa shape index (κ2) is 11.7. The third kappa shape index (κ3) is 15.1. The molecule has 0 heterocycles. The van der Waals surface area contributed by atoms with Crippen molar-refractivity contribution in [3.05, 3.63) is 11.3 Å². The Bertz CT molecular complexity index is 240. The minimum absolute atomic E-state index is 0. The highest BCUT2D eigenvalue weighted by Gasteiger charge is 2.03. The molecule has 0 rings (SSSR count). The fourth-order valence-electron chi connectivity index (χ4n) is 0.550. The van der Waals surface area contributed by atoms with Crippen LogP contribution in [0, 0.1) is 0 Å². The summed E-state index contributed by atoms with van der Waals surface area (Å²) in [5, 5.41) is 2.74. The predicted molar refractivity (Wildman–Crippen MR) is 65.8 cm³/mol. The zero-order valence-corrected chi connectivity index (χ0v) is 10.8. The normalized spacial score (nSPS) is 10.1. The van der Waals surface area contributed by atoms with Gasteiger partial charge in [-0.3, -0.25) is 4.79 Å². The van der Waals surface area contributed by atoms with Gasteiger partial charge in [0.2, 0.25) is 5.91 Å². The van der Waals surface area contributed by atoms with Gasteiger partial charge in [0.15, 0.2) is 0 Å². The van der Waals surface area contributed by atoms with Crippen LogP contribution < -0.4 is 11.1 Å². The van der Waals surface area contributed by atoms with Crippen LogP contribution >= 0.6 is 0 Å². The van der Waals surface area contributed by atoms with Crippen molar-refractivity contribution in [2.75, 3.05) is 6.54 Å². The molecule has 5 N–H and O–H groups in total. The van der Waals surface area contributed by atoms with Crippen molar-refractivity contribution in [1.29, 1.82) is 0 Å². The fraction of sp³-hybridized carbons (Fsp3) is 0.636. The van der Waals surface area contributed by atoms with E-state index in [-0.39, 0.29) is 17.2 Å². The predicted octanol–water partition coefficient (Wildman–Crippen LogP) is 0.536. The van der Waals surface area contributed by atoms with Crippen LogP contribution in [0.5, 0.6) is 0 Å². The summed E-state index contributed by atoms with van der Waals surface area (Å²) in [6, 6.07) is 0. The van der Waals surface area contributed by atoms with Gasteiger partial charge in [0.05, 0.1) is 0 Å². The molecular weight excluding hydrogens is 208 g/mol. The highest BCUT2D eigenvalue weighted by Crippen LogP contribution is 1.95. The van der Waals surface area contributed by atoms with Crippen molar-refractivity contribution in [3.8, 4) is 0 Å². The molecule has 0 aliphatic carbocycles. The van der Waals surface area contributed by atoms with Crippen LogP contribution in [0.15, 0.2) is 11.3 Å². The van der Waals surface area contributed by atoms with Gasteiger partial charge in [-0.25, -0.2) is 0 Å². The first-order chi connectivity index (χ1) is 6.82. The maximum Gasteiger partial charge on any atom is 0.248 e. The molecule has 5 nitrogen and oxygen atoms in total. The van der Waals surface area contributed by atoms with Gasteiger partial charge in [0.25, 0.3) is 0 Å². The second-order valence-electron chi connectivity index (χ2n) is 3.47. The third-order valence-corrected chi connectivity index (χ3v) is 1.47. The van der Waals surface area contributed by atoms with E-state index in [4.69, 9.17) is 5.73 Å². The topological polar surface area (TPSA) is 104 Å². The number of nitrogens with two attached hydrogens (primary N) is 1. The molecule has 0 fully saturated rings. The molecule has 0 unspecified atom stereocenters. The van der Waals surface area contributed by atoms with E-state index in [1.165, 1.54) is 13.8 Å². The highest BCUT2D eigenvalue weighted by atomic mass is 16.1. The average Bonchev–Trinajstić information content (AvgIpc) is 2.11. The summed E-state index contributed by atoms with van der Waals surface area (Å²) in [5.41, 5.74) is 6.62. The summed E-state index contributed by atoms with van der Waals surface area (Å²) in [6.07, 6.45) is 0.947. The number of hydrogen-bond acceptors (Lipinski definition) is 3. The highest BCUT2D eigenvalue weighted by molar-refractivity contribution is 5.93. The Morgan fingerprint density at radius 1 is 1.12 bits per heavy atom. The maximum atomic E-state index is 11.1. The molecular formula is C11H24N2O3. The van der Waals surface area contributed by atoms with E-state index in [1.54, 1.807) is 13.8 Å². The van der Waals surface area contributed by atoms with Crippen molar-refractivity contribution < 1.29 is 15.1 Å². The van der Waals surface area contributed by atoms with Crippen molar-refractivity contribution in [1.82, 2.24) is 5.32 Å². The van der Waals surface area contributed by atoms with Gasteiger partial charge in [0.1, 0.15) is 5.78 Å². The lowest BCUT2D eigenvalue weighted by Gasteiger charge is -2.04. The number of amides is 1. The Morgan fingerprint density at radius 3 is 1.75 bits per heavy atom. The van der Waals surface area contributed by atoms with E-state index in [9.17, 15) is 9.59 Å². The number of hydrogen-bond donors (Lipinski definition) is 2. The number of carbonyl (C=O) groups excluding carboxylic acids is 2. The molecule has 0 aromatic rings. The van der Waals surface area contributed by atoms with Crippen LogP contribution in [0.1, 0.15) is 41.0 Å². The summed E-state index contributed by atoms with van der Waals surface area (Å²) >= 11 is 0. The van der Waals surface area contributed by atoms with Crippen LogP contribution in [0.2, 0.25) is 0 Å². The zero-order valence-electron chi connectivity index (χ0n) is 10.8. The number of rotatable bonds is 3. The first-order valence-corrected chi connectivity index (χ1v) is 5.01. The van der Waals surface area contributed by atoms with Crippen molar-refractivity contribution in [3.63, 3.8) is 0 Å². The Morgan fingerprint density at radius 2 is 1.50 bits per heavy atom. The smallest absolute Gasteiger partial charge is 0.248 e. The van der Waals surface area contributed by atoms with E-state index in [0.29, 0.717) is 17.8 Å². The van der Waals surface area contributed by atoms with Crippen LogP contribution in [0.25, 0.3) is 0 Å². The molecule has 0 bridgehead atoms. The van der Waals surface area contributed by atoms with Crippen LogP contribution in [-0.2, 0) is 9.59 Å². The monoisotopic (exact) mass is 232 g/mol. The minimum Gasteiger partial charge on any atom is -0.412 e. The van der Waals surface area contributed by atoms with Crippen molar-refractivity contribution >= 4 is 11.7 Å². The summed E-state index contributed by atoms with van der Waals surface area (Å²) in [4.78, 5) is 20.5. The lowest BCUT2D eigenvalue weighted by molar-refractivity contribution is -0.117. The van der Waals surface area contributed by atoms with Crippen LogP contribution in [0.4, 0.5) is 0 Å². The number of ketones is 1. The van der Waals surface area contributed by atoms with Crippen LogP contribution in [0.3, 0.4) is 0 Å². The lowest BCUT2D eigenvalue weighted by Crippen LogP contribution is -2.26. The molecule has 0 spiro atoms. The summed E-state index contributed by atoms with van der Waals surface area (Å²) < 4.78 is 0. The van der Waals surface area contributed by atoms with E-state index in [1.807, 2.05) is 6.92 Å². The van der Waals surface area contributed by atoms with Gasteiger partial charge < -0.3 is 21.3 Å². The zero-order chi connectivity index (χ0) is 12.4. The Balaban J connectivity index is -0.000000292. The van der Waals surface area contributed by atoms with Gasteiger partial charge >= 0.3 is 0 Å². The van der Waals surface area contributed by atoms with Gasteiger partial charge in [-0.2, -0.15) is 0 Å². The molecule has 96 valence electrons. The Kier molecular flexibility index (Phi) is 14.7. The number of nitrogens with one attached hydrogen (secondary N) is 1. The largest absolute Gasteiger partial charge is 0.412 e.